The smallest absolute Gasteiger partial charge is 0.127 e. The van der Waals surface area contributed by atoms with Gasteiger partial charge in [0, 0.05) is 12.1 Å². The summed E-state index contributed by atoms with van der Waals surface area (Å²) in [6, 6.07) is 5.71. The molecule has 0 aliphatic carbocycles. The van der Waals surface area contributed by atoms with Gasteiger partial charge >= 0.3 is 0 Å². The zero-order valence-electron chi connectivity index (χ0n) is 10.7. The molecule has 0 radical (unpaired) electrons. The van der Waals surface area contributed by atoms with Crippen LogP contribution in [0.2, 0.25) is 5.02 Å². The van der Waals surface area contributed by atoms with Crippen molar-refractivity contribution in [2.24, 2.45) is 0 Å². The molecule has 0 bridgehead atoms. The lowest BCUT2D eigenvalue weighted by Gasteiger charge is -2.10. The monoisotopic (exact) mass is 253 g/mol. The van der Waals surface area contributed by atoms with Crippen LogP contribution in [0.15, 0.2) is 23.8 Å². The average Bonchev–Trinajstić information content (AvgIpc) is 2.36. The van der Waals surface area contributed by atoms with E-state index in [-0.39, 0.29) is 0 Å². The molecule has 0 aliphatic rings. The van der Waals surface area contributed by atoms with Crippen molar-refractivity contribution in [3.8, 4) is 5.75 Å². The van der Waals surface area contributed by atoms with Gasteiger partial charge in [0.1, 0.15) is 5.75 Å². The molecule has 1 rings (SSSR count). The van der Waals surface area contributed by atoms with Crippen molar-refractivity contribution >= 4 is 17.7 Å². The minimum absolute atomic E-state index is 0.729. The fraction of sp³-hybridized carbons (Fsp3) is 0.429. The molecular formula is C14H20ClNO. The Morgan fingerprint density at radius 3 is 2.76 bits per heavy atom. The van der Waals surface area contributed by atoms with E-state index in [1.165, 1.54) is 5.57 Å². The molecule has 0 aromatic heterocycles. The summed E-state index contributed by atoms with van der Waals surface area (Å²) in [7, 11) is 1.67. The fourth-order valence-corrected chi connectivity index (χ4v) is 1.82. The number of methoxy groups -OCH3 is 1. The number of nitrogens with one attached hydrogen (secondary N) is 1. The standard InChI is InChI=1S/C14H20ClNO/c1-4-11(10-16-5-2)9-12-13(15)7-6-8-14(12)17-3/h6-9,16H,4-5,10H2,1-3H3/b11-9+. The van der Waals surface area contributed by atoms with Crippen LogP contribution in [0.25, 0.3) is 6.08 Å². The molecule has 2 nitrogen and oxygen atoms in total. The highest BCUT2D eigenvalue weighted by Gasteiger charge is 2.05. The molecule has 0 aliphatic heterocycles. The van der Waals surface area contributed by atoms with E-state index < -0.39 is 0 Å². The van der Waals surface area contributed by atoms with Crippen molar-refractivity contribution in [1.82, 2.24) is 5.32 Å². The maximum Gasteiger partial charge on any atom is 0.127 e. The quantitative estimate of drug-likeness (QED) is 0.834. The van der Waals surface area contributed by atoms with Gasteiger partial charge in [0.15, 0.2) is 0 Å². The average molecular weight is 254 g/mol. The van der Waals surface area contributed by atoms with E-state index in [0.29, 0.717) is 0 Å². The molecule has 0 saturated carbocycles. The summed E-state index contributed by atoms with van der Waals surface area (Å²) in [5.74, 6) is 0.819. The van der Waals surface area contributed by atoms with Gasteiger partial charge in [-0.25, -0.2) is 0 Å². The predicted octanol–water partition coefficient (Wildman–Crippen LogP) is 3.75. The molecule has 0 fully saturated rings. The molecule has 94 valence electrons. The van der Waals surface area contributed by atoms with Gasteiger partial charge in [-0.2, -0.15) is 0 Å². The van der Waals surface area contributed by atoms with Gasteiger partial charge in [0.05, 0.1) is 12.1 Å². The zero-order valence-corrected chi connectivity index (χ0v) is 11.5. The first-order valence-electron chi connectivity index (χ1n) is 5.95. The van der Waals surface area contributed by atoms with Crippen molar-refractivity contribution < 1.29 is 4.74 Å². The molecule has 1 N–H and O–H groups in total. The van der Waals surface area contributed by atoms with Gasteiger partial charge in [-0.1, -0.05) is 37.1 Å². The van der Waals surface area contributed by atoms with Gasteiger partial charge in [-0.3, -0.25) is 0 Å². The van der Waals surface area contributed by atoms with Crippen LogP contribution in [-0.2, 0) is 0 Å². The summed E-state index contributed by atoms with van der Waals surface area (Å²) < 4.78 is 5.33. The lowest BCUT2D eigenvalue weighted by atomic mass is 10.1. The maximum absolute atomic E-state index is 6.20. The Balaban J connectivity index is 3.01. The second kappa shape index (κ2) is 7.36. The summed E-state index contributed by atoms with van der Waals surface area (Å²) >= 11 is 6.20. The van der Waals surface area contributed by atoms with Crippen LogP contribution in [-0.4, -0.2) is 20.2 Å². The first-order chi connectivity index (χ1) is 8.22. The van der Waals surface area contributed by atoms with E-state index >= 15 is 0 Å². The van der Waals surface area contributed by atoms with Gasteiger partial charge < -0.3 is 10.1 Å². The molecule has 1 aromatic carbocycles. The van der Waals surface area contributed by atoms with Crippen molar-refractivity contribution in [1.29, 1.82) is 0 Å². The molecular weight excluding hydrogens is 234 g/mol. The lowest BCUT2D eigenvalue weighted by Crippen LogP contribution is -2.15. The Labute approximate surface area is 109 Å². The van der Waals surface area contributed by atoms with E-state index in [4.69, 9.17) is 16.3 Å². The van der Waals surface area contributed by atoms with Crippen LogP contribution in [0.5, 0.6) is 5.75 Å². The molecule has 17 heavy (non-hydrogen) atoms. The summed E-state index contributed by atoms with van der Waals surface area (Å²) in [4.78, 5) is 0. The number of rotatable bonds is 6. The van der Waals surface area contributed by atoms with Crippen molar-refractivity contribution in [3.05, 3.63) is 34.4 Å². The number of hydrogen-bond donors (Lipinski definition) is 1. The molecule has 0 unspecified atom stereocenters. The highest BCUT2D eigenvalue weighted by atomic mass is 35.5. The van der Waals surface area contributed by atoms with E-state index in [1.807, 2.05) is 18.2 Å². The van der Waals surface area contributed by atoms with E-state index in [0.717, 1.165) is 35.8 Å². The van der Waals surface area contributed by atoms with Crippen LogP contribution in [0.1, 0.15) is 25.8 Å². The van der Waals surface area contributed by atoms with Gasteiger partial charge in [0.2, 0.25) is 0 Å². The third kappa shape index (κ3) is 4.06. The number of hydrogen-bond acceptors (Lipinski definition) is 2. The van der Waals surface area contributed by atoms with E-state index in [2.05, 4.69) is 25.2 Å². The molecule has 0 amide bonds. The Morgan fingerprint density at radius 1 is 1.41 bits per heavy atom. The Bertz CT molecular complexity index is 388. The molecule has 0 atom stereocenters. The van der Waals surface area contributed by atoms with Crippen LogP contribution in [0, 0.1) is 0 Å². The highest BCUT2D eigenvalue weighted by molar-refractivity contribution is 6.32. The maximum atomic E-state index is 6.20. The van der Waals surface area contributed by atoms with Crippen LogP contribution >= 0.6 is 11.6 Å². The number of likely N-dealkylation sites (N-methyl/N-ethyl adjacent to an activating group) is 1. The highest BCUT2D eigenvalue weighted by Crippen LogP contribution is 2.28. The van der Waals surface area contributed by atoms with Gasteiger partial charge in [-0.05, 0) is 31.2 Å². The van der Waals surface area contributed by atoms with E-state index in [9.17, 15) is 0 Å². The van der Waals surface area contributed by atoms with Crippen molar-refractivity contribution in [2.45, 2.75) is 20.3 Å². The molecule has 1 aromatic rings. The number of benzene rings is 1. The second-order valence-corrected chi connectivity index (χ2v) is 4.20. The first-order valence-corrected chi connectivity index (χ1v) is 6.33. The Kier molecular flexibility index (Phi) is 6.09. The minimum atomic E-state index is 0.729. The third-order valence-electron chi connectivity index (χ3n) is 2.64. The predicted molar refractivity (Wildman–Crippen MR) is 74.8 cm³/mol. The first kappa shape index (κ1) is 14.1. The molecule has 3 heteroatoms. The zero-order chi connectivity index (χ0) is 12.7. The number of ether oxygens (including phenoxy) is 1. The summed E-state index contributed by atoms with van der Waals surface area (Å²) in [6.07, 6.45) is 3.12. The molecule has 0 saturated heterocycles. The second-order valence-electron chi connectivity index (χ2n) is 3.79. The Morgan fingerprint density at radius 2 is 2.18 bits per heavy atom. The Hall–Kier alpha value is -0.990. The minimum Gasteiger partial charge on any atom is -0.496 e. The number of halogens is 1. The SMILES string of the molecule is CCNC/C(=C/c1c(Cl)cccc1OC)CC. The van der Waals surface area contributed by atoms with Crippen LogP contribution in [0.4, 0.5) is 0 Å². The summed E-state index contributed by atoms with van der Waals surface area (Å²) in [5, 5.41) is 4.05. The van der Waals surface area contributed by atoms with Gasteiger partial charge in [0.25, 0.3) is 0 Å². The normalized spacial score (nSPS) is 11.6. The van der Waals surface area contributed by atoms with Gasteiger partial charge in [-0.15, -0.1) is 0 Å². The summed E-state index contributed by atoms with van der Waals surface area (Å²) in [5.41, 5.74) is 2.28. The largest absolute Gasteiger partial charge is 0.496 e. The van der Waals surface area contributed by atoms with Crippen molar-refractivity contribution in [2.75, 3.05) is 20.2 Å². The fourth-order valence-electron chi connectivity index (χ4n) is 1.60. The van der Waals surface area contributed by atoms with E-state index in [1.54, 1.807) is 7.11 Å². The lowest BCUT2D eigenvalue weighted by molar-refractivity contribution is 0.414. The summed E-state index contributed by atoms with van der Waals surface area (Å²) in [6.45, 7) is 6.11. The van der Waals surface area contributed by atoms with Crippen LogP contribution in [0.3, 0.4) is 0 Å². The van der Waals surface area contributed by atoms with Crippen molar-refractivity contribution in [3.63, 3.8) is 0 Å². The molecule has 0 heterocycles. The topological polar surface area (TPSA) is 21.3 Å². The molecule has 0 spiro atoms. The third-order valence-corrected chi connectivity index (χ3v) is 2.97. The van der Waals surface area contributed by atoms with Crippen LogP contribution < -0.4 is 10.1 Å².